The van der Waals surface area contributed by atoms with Gasteiger partial charge in [-0.25, -0.2) is 8.42 Å². The number of rotatable bonds is 9. The van der Waals surface area contributed by atoms with Crippen molar-refractivity contribution in [3.63, 3.8) is 0 Å². The molecule has 0 spiro atoms. The number of aryl methyl sites for hydroxylation is 2. The quantitative estimate of drug-likeness (QED) is 0.411. The van der Waals surface area contributed by atoms with Crippen molar-refractivity contribution in [3.8, 4) is 0 Å². The average Bonchev–Trinajstić information content (AvgIpc) is 2.86. The maximum atomic E-state index is 13.7. The van der Waals surface area contributed by atoms with Crippen LogP contribution in [0.2, 0.25) is 0 Å². The Labute approximate surface area is 221 Å². The van der Waals surface area contributed by atoms with Crippen LogP contribution in [0.3, 0.4) is 0 Å². The number of benzene rings is 3. The number of anilines is 1. The first kappa shape index (κ1) is 27.4. The Hall–Kier alpha value is -3.17. The zero-order valence-electron chi connectivity index (χ0n) is 20.7. The van der Waals surface area contributed by atoms with E-state index in [4.69, 9.17) is 0 Å². The molecule has 0 aromatic heterocycles. The monoisotopic (exact) mass is 571 g/mol. The van der Waals surface area contributed by atoms with Crippen molar-refractivity contribution in [2.45, 2.75) is 38.3 Å². The molecule has 0 radical (unpaired) electrons. The summed E-state index contributed by atoms with van der Waals surface area (Å²) < 4.78 is 29.2. The van der Waals surface area contributed by atoms with Crippen LogP contribution in [0.4, 0.5) is 5.69 Å². The fourth-order valence-electron chi connectivity index (χ4n) is 3.68. The summed E-state index contributed by atoms with van der Waals surface area (Å²) >= 11 is 3.39. The topological polar surface area (TPSA) is 86.8 Å². The predicted molar refractivity (Wildman–Crippen MR) is 145 cm³/mol. The number of hydrogen-bond acceptors (Lipinski definition) is 4. The van der Waals surface area contributed by atoms with Crippen LogP contribution in [0.1, 0.15) is 23.6 Å². The normalized spacial score (nSPS) is 12.0. The molecule has 0 aliphatic carbocycles. The van der Waals surface area contributed by atoms with Gasteiger partial charge in [0.2, 0.25) is 11.8 Å². The number of sulfonamides is 1. The molecule has 0 fully saturated rings. The van der Waals surface area contributed by atoms with Gasteiger partial charge in [-0.2, -0.15) is 0 Å². The molecule has 0 saturated heterocycles. The number of carbonyl (C=O) groups is 2. The SMILES string of the molecule is CNC(=O)C(C)N(Cc1ccc(C)cc1)C(=O)CN(c1cccc(Br)c1)S(=O)(=O)c1ccc(C)cc1. The van der Waals surface area contributed by atoms with E-state index in [9.17, 15) is 18.0 Å². The zero-order valence-corrected chi connectivity index (χ0v) is 23.1. The second kappa shape index (κ2) is 11.7. The summed E-state index contributed by atoms with van der Waals surface area (Å²) in [6.07, 6.45) is 0. The Morgan fingerprint density at radius 2 is 1.53 bits per heavy atom. The summed E-state index contributed by atoms with van der Waals surface area (Å²) in [5, 5.41) is 2.58. The molecule has 0 aliphatic heterocycles. The zero-order chi connectivity index (χ0) is 26.5. The van der Waals surface area contributed by atoms with Crippen molar-refractivity contribution in [2.75, 3.05) is 17.9 Å². The molecule has 2 amide bonds. The second-order valence-corrected chi connectivity index (χ2v) is 11.4. The van der Waals surface area contributed by atoms with E-state index in [-0.39, 0.29) is 17.3 Å². The van der Waals surface area contributed by atoms with Gasteiger partial charge in [-0.05, 0) is 56.7 Å². The molecule has 3 aromatic carbocycles. The molecule has 36 heavy (non-hydrogen) atoms. The third kappa shape index (κ3) is 6.53. The van der Waals surface area contributed by atoms with Crippen LogP contribution in [0.25, 0.3) is 0 Å². The van der Waals surface area contributed by atoms with Crippen LogP contribution < -0.4 is 9.62 Å². The minimum absolute atomic E-state index is 0.0744. The summed E-state index contributed by atoms with van der Waals surface area (Å²) in [5.41, 5.74) is 3.16. The maximum Gasteiger partial charge on any atom is 0.264 e. The lowest BCUT2D eigenvalue weighted by Crippen LogP contribution is -2.50. The summed E-state index contributed by atoms with van der Waals surface area (Å²) in [7, 11) is -2.58. The number of hydrogen-bond donors (Lipinski definition) is 1. The van der Waals surface area contributed by atoms with E-state index in [0.29, 0.717) is 10.2 Å². The third-order valence-corrected chi connectivity index (χ3v) is 8.15. The number of nitrogens with one attached hydrogen (secondary N) is 1. The van der Waals surface area contributed by atoms with Gasteiger partial charge >= 0.3 is 0 Å². The van der Waals surface area contributed by atoms with Crippen molar-refractivity contribution in [1.29, 1.82) is 0 Å². The molecule has 3 aromatic rings. The van der Waals surface area contributed by atoms with Gasteiger partial charge in [0.15, 0.2) is 0 Å². The molecule has 1 N–H and O–H groups in total. The second-order valence-electron chi connectivity index (χ2n) is 8.60. The summed E-state index contributed by atoms with van der Waals surface area (Å²) in [6, 6.07) is 20.1. The smallest absolute Gasteiger partial charge is 0.264 e. The summed E-state index contributed by atoms with van der Waals surface area (Å²) in [6.45, 7) is 5.15. The molecule has 0 saturated carbocycles. The first-order chi connectivity index (χ1) is 17.0. The van der Waals surface area contributed by atoms with Crippen molar-refractivity contribution < 1.29 is 18.0 Å². The number of carbonyl (C=O) groups excluding carboxylic acids is 2. The Morgan fingerprint density at radius 1 is 0.944 bits per heavy atom. The van der Waals surface area contributed by atoms with Gasteiger partial charge in [0.05, 0.1) is 10.6 Å². The molecular formula is C27H30BrN3O4S. The Bertz CT molecular complexity index is 1330. The van der Waals surface area contributed by atoms with Gasteiger partial charge in [-0.15, -0.1) is 0 Å². The minimum Gasteiger partial charge on any atom is -0.357 e. The molecule has 1 unspecified atom stereocenters. The van der Waals surface area contributed by atoms with E-state index >= 15 is 0 Å². The van der Waals surface area contributed by atoms with Gasteiger partial charge in [0.1, 0.15) is 12.6 Å². The van der Waals surface area contributed by atoms with E-state index in [1.54, 1.807) is 43.3 Å². The van der Waals surface area contributed by atoms with Crippen molar-refractivity contribution in [2.24, 2.45) is 0 Å². The fourth-order valence-corrected chi connectivity index (χ4v) is 5.47. The number of likely N-dealkylation sites (N-methyl/N-ethyl adjacent to an activating group) is 1. The van der Waals surface area contributed by atoms with Crippen LogP contribution >= 0.6 is 15.9 Å². The van der Waals surface area contributed by atoms with Gasteiger partial charge in [-0.3, -0.25) is 13.9 Å². The third-order valence-electron chi connectivity index (χ3n) is 5.87. The highest BCUT2D eigenvalue weighted by Gasteiger charge is 2.32. The molecule has 0 aliphatic rings. The van der Waals surface area contributed by atoms with E-state index in [0.717, 1.165) is 21.0 Å². The lowest BCUT2D eigenvalue weighted by atomic mass is 10.1. The molecule has 190 valence electrons. The number of nitrogens with zero attached hydrogens (tertiary/aromatic N) is 2. The summed E-state index contributed by atoms with van der Waals surface area (Å²) in [4.78, 5) is 27.7. The lowest BCUT2D eigenvalue weighted by molar-refractivity contribution is -0.139. The Kier molecular flexibility index (Phi) is 8.92. The lowest BCUT2D eigenvalue weighted by Gasteiger charge is -2.31. The van der Waals surface area contributed by atoms with E-state index in [1.165, 1.54) is 24.1 Å². The van der Waals surface area contributed by atoms with Crippen molar-refractivity contribution in [1.82, 2.24) is 10.2 Å². The van der Waals surface area contributed by atoms with Gasteiger partial charge < -0.3 is 10.2 Å². The first-order valence-electron chi connectivity index (χ1n) is 11.4. The molecule has 3 rings (SSSR count). The molecule has 0 bridgehead atoms. The van der Waals surface area contributed by atoms with Crippen LogP contribution in [0.5, 0.6) is 0 Å². The van der Waals surface area contributed by atoms with E-state index < -0.39 is 28.5 Å². The Morgan fingerprint density at radius 3 is 2.08 bits per heavy atom. The molecule has 7 nitrogen and oxygen atoms in total. The standard InChI is InChI=1S/C27H30BrN3O4S/c1-19-8-12-22(13-9-19)17-30(21(3)27(33)29-4)26(32)18-31(24-7-5-6-23(28)16-24)36(34,35)25-14-10-20(2)11-15-25/h5-16,21H,17-18H2,1-4H3,(H,29,33). The maximum absolute atomic E-state index is 13.7. The Balaban J connectivity index is 2.02. The molecular weight excluding hydrogens is 542 g/mol. The van der Waals surface area contributed by atoms with Crippen molar-refractivity contribution >= 4 is 43.5 Å². The number of amides is 2. The van der Waals surface area contributed by atoms with Gasteiger partial charge in [-0.1, -0.05) is 69.5 Å². The average molecular weight is 573 g/mol. The number of halogens is 1. The molecule has 0 heterocycles. The first-order valence-corrected chi connectivity index (χ1v) is 13.7. The van der Waals surface area contributed by atoms with Gasteiger partial charge in [0, 0.05) is 18.1 Å². The van der Waals surface area contributed by atoms with E-state index in [2.05, 4.69) is 21.2 Å². The summed E-state index contributed by atoms with van der Waals surface area (Å²) in [5.74, 6) is -0.840. The van der Waals surface area contributed by atoms with Crippen molar-refractivity contribution in [3.05, 3.63) is 94.0 Å². The fraction of sp³-hybridized carbons (Fsp3) is 0.259. The minimum atomic E-state index is -4.08. The van der Waals surface area contributed by atoms with Crippen LogP contribution in [-0.2, 0) is 26.2 Å². The van der Waals surface area contributed by atoms with Crippen LogP contribution in [0.15, 0.2) is 82.2 Å². The van der Waals surface area contributed by atoms with Crippen LogP contribution in [0, 0.1) is 13.8 Å². The highest BCUT2D eigenvalue weighted by Crippen LogP contribution is 2.27. The highest BCUT2D eigenvalue weighted by molar-refractivity contribution is 9.10. The van der Waals surface area contributed by atoms with Gasteiger partial charge in [0.25, 0.3) is 10.0 Å². The molecule has 9 heteroatoms. The largest absolute Gasteiger partial charge is 0.357 e. The van der Waals surface area contributed by atoms with E-state index in [1.807, 2.05) is 38.1 Å². The van der Waals surface area contributed by atoms with Crippen LogP contribution in [-0.4, -0.2) is 44.8 Å². The molecule has 1 atom stereocenters. The predicted octanol–water partition coefficient (Wildman–Crippen LogP) is 4.42. The highest BCUT2D eigenvalue weighted by atomic mass is 79.9.